The Kier molecular flexibility index (Phi) is 4.14. The van der Waals surface area contributed by atoms with Crippen molar-refractivity contribution in [2.75, 3.05) is 5.32 Å². The SMILES string of the molecule is Cc1nc(NC2CCC(n3nc(C4CC4)ccc3=O)CC2)c2cnn(C)c2n1. The van der Waals surface area contributed by atoms with Gasteiger partial charge in [-0.25, -0.2) is 14.6 Å². The molecule has 0 atom stereocenters. The molecule has 0 radical (unpaired) electrons. The number of nitrogens with zero attached hydrogens (tertiary/aromatic N) is 6. The maximum absolute atomic E-state index is 12.3. The summed E-state index contributed by atoms with van der Waals surface area (Å²) >= 11 is 0. The molecule has 2 saturated carbocycles. The van der Waals surface area contributed by atoms with Crippen molar-refractivity contribution >= 4 is 16.9 Å². The fraction of sp³-hybridized carbons (Fsp3) is 0.550. The molecule has 0 aromatic carbocycles. The fourth-order valence-corrected chi connectivity index (χ4v) is 4.20. The second kappa shape index (κ2) is 6.68. The highest BCUT2D eigenvalue weighted by Gasteiger charge is 2.28. The summed E-state index contributed by atoms with van der Waals surface area (Å²) in [6.07, 6.45) is 8.06. The predicted octanol–water partition coefficient (Wildman–Crippen LogP) is 2.70. The molecule has 3 aromatic heterocycles. The molecule has 8 nitrogen and oxygen atoms in total. The van der Waals surface area contributed by atoms with Gasteiger partial charge in [-0.3, -0.25) is 9.48 Å². The van der Waals surface area contributed by atoms with E-state index in [0.717, 1.165) is 54.1 Å². The summed E-state index contributed by atoms with van der Waals surface area (Å²) in [5, 5.41) is 13.5. The Labute approximate surface area is 163 Å². The molecule has 0 aliphatic heterocycles. The zero-order valence-corrected chi connectivity index (χ0v) is 16.3. The lowest BCUT2D eigenvalue weighted by Crippen LogP contribution is -2.33. The minimum absolute atomic E-state index is 0.0179. The van der Waals surface area contributed by atoms with Gasteiger partial charge in [-0.2, -0.15) is 10.2 Å². The van der Waals surface area contributed by atoms with Crippen LogP contribution < -0.4 is 10.9 Å². The van der Waals surface area contributed by atoms with Crippen molar-refractivity contribution in [2.24, 2.45) is 7.05 Å². The minimum atomic E-state index is 0.0179. The molecule has 0 saturated heterocycles. The van der Waals surface area contributed by atoms with Crippen LogP contribution in [-0.2, 0) is 7.05 Å². The molecule has 2 aliphatic carbocycles. The van der Waals surface area contributed by atoms with E-state index in [2.05, 4.69) is 25.5 Å². The molecule has 5 rings (SSSR count). The van der Waals surface area contributed by atoms with Crippen molar-refractivity contribution in [3.8, 4) is 0 Å². The first kappa shape index (κ1) is 17.3. The molecule has 3 heterocycles. The second-order valence-electron chi connectivity index (χ2n) is 8.09. The first-order valence-corrected chi connectivity index (χ1v) is 10.1. The van der Waals surface area contributed by atoms with E-state index in [1.54, 1.807) is 15.4 Å². The summed E-state index contributed by atoms with van der Waals surface area (Å²) in [5.41, 5.74) is 1.94. The molecule has 28 heavy (non-hydrogen) atoms. The Morgan fingerprint density at radius 2 is 1.86 bits per heavy atom. The van der Waals surface area contributed by atoms with E-state index in [4.69, 9.17) is 0 Å². The maximum atomic E-state index is 12.3. The van der Waals surface area contributed by atoms with E-state index < -0.39 is 0 Å². The third-order valence-electron chi connectivity index (χ3n) is 5.93. The Hall–Kier alpha value is -2.77. The first-order valence-electron chi connectivity index (χ1n) is 10.1. The van der Waals surface area contributed by atoms with Gasteiger partial charge in [0.25, 0.3) is 5.56 Å². The van der Waals surface area contributed by atoms with E-state index in [1.807, 2.05) is 26.2 Å². The zero-order valence-electron chi connectivity index (χ0n) is 16.3. The summed E-state index contributed by atoms with van der Waals surface area (Å²) < 4.78 is 3.51. The van der Waals surface area contributed by atoms with Crippen LogP contribution in [0.25, 0.3) is 11.0 Å². The quantitative estimate of drug-likeness (QED) is 0.749. The molecule has 0 unspecified atom stereocenters. The van der Waals surface area contributed by atoms with Crippen LogP contribution in [0, 0.1) is 6.92 Å². The number of aryl methyl sites for hydroxylation is 2. The van der Waals surface area contributed by atoms with Crippen molar-refractivity contribution in [2.45, 2.75) is 63.5 Å². The Morgan fingerprint density at radius 3 is 2.61 bits per heavy atom. The fourth-order valence-electron chi connectivity index (χ4n) is 4.20. The van der Waals surface area contributed by atoms with Gasteiger partial charge < -0.3 is 5.32 Å². The van der Waals surface area contributed by atoms with Crippen LogP contribution in [0.2, 0.25) is 0 Å². The standard InChI is InChI=1S/C20H25N7O/c1-12-22-19(16-11-21-26(2)20(16)23-12)24-14-5-7-15(8-6-14)27-18(28)10-9-17(25-27)13-3-4-13/h9-11,13-15H,3-8H2,1-2H3,(H,22,23,24). The lowest BCUT2D eigenvalue weighted by Gasteiger charge is -2.30. The van der Waals surface area contributed by atoms with Crippen LogP contribution in [0.15, 0.2) is 23.1 Å². The first-order chi connectivity index (χ1) is 13.6. The molecule has 2 fully saturated rings. The average molecular weight is 379 g/mol. The van der Waals surface area contributed by atoms with Gasteiger partial charge in [-0.05, 0) is 51.5 Å². The molecule has 0 spiro atoms. The number of fused-ring (bicyclic) bond motifs is 1. The normalized spacial score (nSPS) is 22.5. The van der Waals surface area contributed by atoms with Gasteiger partial charge in [-0.15, -0.1) is 0 Å². The molecule has 8 heteroatoms. The highest BCUT2D eigenvalue weighted by Crippen LogP contribution is 2.39. The molecule has 0 bridgehead atoms. The highest BCUT2D eigenvalue weighted by atomic mass is 16.1. The van der Waals surface area contributed by atoms with Crippen LogP contribution >= 0.6 is 0 Å². The average Bonchev–Trinajstić information content (AvgIpc) is 3.47. The molecule has 1 N–H and O–H groups in total. The number of nitrogens with one attached hydrogen (secondary N) is 1. The lowest BCUT2D eigenvalue weighted by molar-refractivity contribution is 0.301. The topological polar surface area (TPSA) is 90.5 Å². The van der Waals surface area contributed by atoms with Crippen molar-refractivity contribution in [1.82, 2.24) is 29.5 Å². The smallest absolute Gasteiger partial charge is 0.267 e. The van der Waals surface area contributed by atoms with Gasteiger partial charge in [0, 0.05) is 25.1 Å². The van der Waals surface area contributed by atoms with Crippen molar-refractivity contribution in [3.63, 3.8) is 0 Å². The van der Waals surface area contributed by atoms with E-state index in [-0.39, 0.29) is 11.6 Å². The van der Waals surface area contributed by atoms with Crippen LogP contribution in [-0.4, -0.2) is 35.6 Å². The Morgan fingerprint density at radius 1 is 1.07 bits per heavy atom. The summed E-state index contributed by atoms with van der Waals surface area (Å²) in [6, 6.07) is 4.11. The van der Waals surface area contributed by atoms with E-state index in [9.17, 15) is 4.79 Å². The van der Waals surface area contributed by atoms with Crippen LogP contribution in [0.5, 0.6) is 0 Å². The molecule has 3 aromatic rings. The van der Waals surface area contributed by atoms with Crippen LogP contribution in [0.1, 0.15) is 62.0 Å². The summed E-state index contributed by atoms with van der Waals surface area (Å²) in [5.74, 6) is 2.15. The molecular formula is C20H25N7O. The maximum Gasteiger partial charge on any atom is 0.267 e. The highest BCUT2D eigenvalue weighted by molar-refractivity contribution is 5.86. The van der Waals surface area contributed by atoms with Crippen molar-refractivity contribution in [1.29, 1.82) is 0 Å². The molecule has 0 amide bonds. The molecular weight excluding hydrogens is 354 g/mol. The number of hydrogen-bond acceptors (Lipinski definition) is 6. The number of anilines is 1. The third-order valence-corrected chi connectivity index (χ3v) is 5.93. The second-order valence-corrected chi connectivity index (χ2v) is 8.09. The predicted molar refractivity (Wildman–Crippen MR) is 106 cm³/mol. The van der Waals surface area contributed by atoms with Gasteiger partial charge in [-0.1, -0.05) is 0 Å². The number of hydrogen-bond donors (Lipinski definition) is 1. The largest absolute Gasteiger partial charge is 0.367 e. The molecule has 2 aliphatic rings. The van der Waals surface area contributed by atoms with E-state index in [0.29, 0.717) is 12.0 Å². The van der Waals surface area contributed by atoms with Crippen molar-refractivity contribution in [3.05, 3.63) is 40.2 Å². The van der Waals surface area contributed by atoms with Crippen LogP contribution in [0.4, 0.5) is 5.82 Å². The minimum Gasteiger partial charge on any atom is -0.367 e. The van der Waals surface area contributed by atoms with Crippen LogP contribution in [0.3, 0.4) is 0 Å². The Balaban J connectivity index is 1.31. The lowest BCUT2D eigenvalue weighted by atomic mass is 9.91. The van der Waals surface area contributed by atoms with Gasteiger partial charge in [0.05, 0.1) is 23.3 Å². The van der Waals surface area contributed by atoms with E-state index >= 15 is 0 Å². The monoisotopic (exact) mass is 379 g/mol. The number of aromatic nitrogens is 6. The van der Waals surface area contributed by atoms with Gasteiger partial charge in [0.15, 0.2) is 5.65 Å². The summed E-state index contributed by atoms with van der Waals surface area (Å²) in [4.78, 5) is 21.4. The summed E-state index contributed by atoms with van der Waals surface area (Å²) in [6.45, 7) is 1.90. The summed E-state index contributed by atoms with van der Waals surface area (Å²) in [7, 11) is 1.89. The Bertz CT molecular complexity index is 1070. The van der Waals surface area contributed by atoms with E-state index in [1.165, 1.54) is 12.8 Å². The van der Waals surface area contributed by atoms with Gasteiger partial charge in [0.2, 0.25) is 0 Å². The number of rotatable bonds is 4. The van der Waals surface area contributed by atoms with Gasteiger partial charge >= 0.3 is 0 Å². The van der Waals surface area contributed by atoms with Crippen molar-refractivity contribution < 1.29 is 0 Å². The van der Waals surface area contributed by atoms with Gasteiger partial charge in [0.1, 0.15) is 11.6 Å². The third kappa shape index (κ3) is 3.16. The molecule has 146 valence electrons. The zero-order chi connectivity index (χ0) is 19.3.